The Morgan fingerprint density at radius 1 is 1.32 bits per heavy atom. The molecule has 3 aromatic rings. The Balaban J connectivity index is 1.54. The molecule has 1 aliphatic heterocycles. The second kappa shape index (κ2) is 8.93. The van der Waals surface area contributed by atoms with Gasteiger partial charge in [0.25, 0.3) is 0 Å². The molecule has 1 saturated heterocycles. The molecule has 0 aromatic carbocycles. The second-order valence-electron chi connectivity index (χ2n) is 8.30. The van der Waals surface area contributed by atoms with E-state index in [4.69, 9.17) is 5.73 Å². The third-order valence-electron chi connectivity index (χ3n) is 5.83. The molecule has 1 fully saturated rings. The van der Waals surface area contributed by atoms with Crippen LogP contribution in [0.5, 0.6) is 0 Å². The maximum atomic E-state index is 12.6. The summed E-state index contributed by atoms with van der Waals surface area (Å²) >= 11 is 0. The van der Waals surface area contributed by atoms with Crippen LogP contribution < -0.4 is 21.6 Å². The summed E-state index contributed by atoms with van der Waals surface area (Å²) in [6.45, 7) is 5.21. The van der Waals surface area contributed by atoms with Gasteiger partial charge in [0.15, 0.2) is 11.5 Å². The van der Waals surface area contributed by atoms with Crippen LogP contribution in [0.4, 0.5) is 17.6 Å². The lowest BCUT2D eigenvalue weighted by atomic mass is 10.2. The summed E-state index contributed by atoms with van der Waals surface area (Å²) in [6.07, 6.45) is 5.03. The highest BCUT2D eigenvalue weighted by molar-refractivity contribution is 5.82. The summed E-state index contributed by atoms with van der Waals surface area (Å²) in [5, 5.41) is 3.18. The van der Waals surface area contributed by atoms with Gasteiger partial charge in [-0.15, -0.1) is 0 Å². The fourth-order valence-electron chi connectivity index (χ4n) is 3.91. The van der Waals surface area contributed by atoms with E-state index >= 15 is 0 Å². The highest BCUT2D eigenvalue weighted by Crippen LogP contribution is 2.21. The van der Waals surface area contributed by atoms with Gasteiger partial charge in [-0.2, -0.15) is 9.97 Å². The minimum absolute atomic E-state index is 0.262. The summed E-state index contributed by atoms with van der Waals surface area (Å²) in [5.74, 6) is 1.66. The maximum absolute atomic E-state index is 12.6. The summed E-state index contributed by atoms with van der Waals surface area (Å²) in [7, 11) is 4.23. The number of imidazole rings is 1. The van der Waals surface area contributed by atoms with E-state index in [9.17, 15) is 4.79 Å². The number of H-pyrrole nitrogens is 1. The third kappa shape index (κ3) is 4.48. The van der Waals surface area contributed by atoms with Gasteiger partial charge >= 0.3 is 5.69 Å². The Morgan fingerprint density at radius 2 is 2.16 bits per heavy atom. The molecule has 4 N–H and O–H groups in total. The molecule has 10 heteroatoms. The molecule has 1 atom stereocenters. The Bertz CT molecular complexity index is 1090. The minimum Gasteiger partial charge on any atom is -0.382 e. The normalized spacial score (nSPS) is 16.5. The van der Waals surface area contributed by atoms with Gasteiger partial charge in [0.05, 0.1) is 6.54 Å². The lowest BCUT2D eigenvalue weighted by molar-refractivity contribution is 0.315. The van der Waals surface area contributed by atoms with E-state index in [1.54, 1.807) is 4.57 Å². The number of nitrogens with one attached hydrogen (secondary N) is 2. The number of aromatic nitrogens is 5. The summed E-state index contributed by atoms with van der Waals surface area (Å²) < 4.78 is 1.58. The van der Waals surface area contributed by atoms with Gasteiger partial charge in [-0.05, 0) is 38.6 Å². The number of anilines is 3. The summed E-state index contributed by atoms with van der Waals surface area (Å²) in [4.78, 5) is 33.3. The van der Waals surface area contributed by atoms with E-state index < -0.39 is 0 Å². The molecule has 0 aliphatic carbocycles. The molecule has 4 heterocycles. The molecule has 166 valence electrons. The molecule has 0 amide bonds. The number of aromatic amines is 1. The number of likely N-dealkylation sites (N-methyl/N-ethyl adjacent to an activating group) is 1. The molecule has 0 unspecified atom stereocenters. The zero-order valence-electron chi connectivity index (χ0n) is 18.4. The number of nitrogens with two attached hydrogens (primary N) is 1. The first-order valence-electron chi connectivity index (χ1n) is 10.8. The number of nitrogen functional groups attached to an aromatic ring is 1. The minimum atomic E-state index is -0.265. The van der Waals surface area contributed by atoms with Gasteiger partial charge < -0.3 is 25.8 Å². The Hall–Kier alpha value is -3.14. The second-order valence-corrected chi connectivity index (χ2v) is 8.30. The lowest BCUT2D eigenvalue weighted by Gasteiger charge is -2.21. The monoisotopic (exact) mass is 425 g/mol. The topological polar surface area (TPSA) is 121 Å². The Morgan fingerprint density at radius 3 is 2.84 bits per heavy atom. The van der Waals surface area contributed by atoms with Crippen molar-refractivity contribution >= 4 is 28.7 Å². The number of pyridine rings is 1. The van der Waals surface area contributed by atoms with E-state index in [0.717, 1.165) is 50.3 Å². The molecular weight excluding hydrogens is 394 g/mol. The summed E-state index contributed by atoms with van der Waals surface area (Å²) in [5.41, 5.74) is 7.68. The quantitative estimate of drug-likeness (QED) is 0.464. The van der Waals surface area contributed by atoms with Crippen molar-refractivity contribution in [3.05, 3.63) is 34.4 Å². The predicted octanol–water partition coefficient (Wildman–Crippen LogP) is 1.50. The van der Waals surface area contributed by atoms with Crippen molar-refractivity contribution in [2.24, 2.45) is 0 Å². The van der Waals surface area contributed by atoms with Crippen molar-refractivity contribution < 1.29 is 0 Å². The number of fused-ring (bicyclic) bond motifs is 1. The van der Waals surface area contributed by atoms with E-state index in [1.165, 1.54) is 0 Å². The van der Waals surface area contributed by atoms with Crippen LogP contribution >= 0.6 is 0 Å². The fraction of sp³-hybridized carbons (Fsp3) is 0.524. The van der Waals surface area contributed by atoms with Gasteiger partial charge in [0, 0.05) is 31.9 Å². The molecule has 0 bridgehead atoms. The predicted molar refractivity (Wildman–Crippen MR) is 124 cm³/mol. The number of rotatable bonds is 8. The van der Waals surface area contributed by atoms with Gasteiger partial charge in [-0.3, -0.25) is 4.57 Å². The number of hydrogen-bond acceptors (Lipinski definition) is 8. The van der Waals surface area contributed by atoms with Gasteiger partial charge in [0.2, 0.25) is 5.95 Å². The molecule has 0 saturated carbocycles. The van der Waals surface area contributed by atoms with Crippen LogP contribution in [0.25, 0.3) is 11.2 Å². The highest BCUT2D eigenvalue weighted by Gasteiger charge is 2.24. The van der Waals surface area contributed by atoms with Crippen molar-refractivity contribution in [1.29, 1.82) is 0 Å². The van der Waals surface area contributed by atoms with Crippen molar-refractivity contribution in [3.8, 4) is 0 Å². The molecule has 31 heavy (non-hydrogen) atoms. The zero-order chi connectivity index (χ0) is 22.0. The van der Waals surface area contributed by atoms with Crippen LogP contribution in [0.1, 0.15) is 31.7 Å². The van der Waals surface area contributed by atoms with Crippen molar-refractivity contribution in [1.82, 2.24) is 29.4 Å². The molecule has 0 spiro atoms. The van der Waals surface area contributed by atoms with E-state index in [1.807, 2.05) is 18.3 Å². The lowest BCUT2D eigenvalue weighted by Crippen LogP contribution is -2.31. The van der Waals surface area contributed by atoms with Crippen molar-refractivity contribution in [2.75, 3.05) is 49.7 Å². The molecule has 10 nitrogen and oxygen atoms in total. The Kier molecular flexibility index (Phi) is 6.08. The van der Waals surface area contributed by atoms with E-state index in [2.05, 4.69) is 56.1 Å². The average molecular weight is 426 g/mol. The fourth-order valence-corrected chi connectivity index (χ4v) is 3.91. The molecule has 1 aliphatic rings. The van der Waals surface area contributed by atoms with Crippen LogP contribution in [0.3, 0.4) is 0 Å². The van der Waals surface area contributed by atoms with Crippen LogP contribution in [0.15, 0.2) is 23.1 Å². The first kappa shape index (κ1) is 21.1. The SMILES string of the molecule is CCCCNc1nc(N)c2[nH]c(=O)n(Cc3ccc(N4CC[C@H](N(C)C)C4)nc3)c2n1. The zero-order valence-corrected chi connectivity index (χ0v) is 18.4. The number of hydrogen-bond donors (Lipinski definition) is 3. The number of unbranched alkanes of at least 4 members (excludes halogenated alkanes) is 1. The van der Waals surface area contributed by atoms with Gasteiger partial charge in [-0.1, -0.05) is 19.4 Å². The van der Waals surface area contributed by atoms with Gasteiger partial charge in [0.1, 0.15) is 11.3 Å². The molecular formula is C21H31N9O. The van der Waals surface area contributed by atoms with Crippen molar-refractivity contribution in [2.45, 2.75) is 38.8 Å². The highest BCUT2D eigenvalue weighted by atomic mass is 16.1. The number of nitrogens with zero attached hydrogens (tertiary/aromatic N) is 6. The van der Waals surface area contributed by atoms with Crippen LogP contribution in [0.2, 0.25) is 0 Å². The van der Waals surface area contributed by atoms with Crippen molar-refractivity contribution in [3.63, 3.8) is 0 Å². The maximum Gasteiger partial charge on any atom is 0.328 e. The summed E-state index contributed by atoms with van der Waals surface area (Å²) in [6, 6.07) is 4.59. The largest absolute Gasteiger partial charge is 0.382 e. The Labute approximate surface area is 181 Å². The van der Waals surface area contributed by atoms with E-state index in [-0.39, 0.29) is 11.5 Å². The van der Waals surface area contributed by atoms with Crippen LogP contribution in [-0.4, -0.2) is 69.2 Å². The smallest absolute Gasteiger partial charge is 0.328 e. The average Bonchev–Trinajstić information content (AvgIpc) is 3.36. The first-order valence-corrected chi connectivity index (χ1v) is 10.8. The molecule has 3 aromatic heterocycles. The first-order chi connectivity index (χ1) is 15.0. The molecule has 4 rings (SSSR count). The van der Waals surface area contributed by atoms with Gasteiger partial charge in [-0.25, -0.2) is 9.78 Å². The van der Waals surface area contributed by atoms with E-state index in [0.29, 0.717) is 29.7 Å². The van der Waals surface area contributed by atoms with Crippen LogP contribution in [0, 0.1) is 0 Å². The standard InChI is InChI=1S/C21H31N9O/c1-4-5-9-23-20-26-18(22)17-19(27-20)30(21(31)25-17)12-14-6-7-16(24-11-14)29-10-8-15(13-29)28(2)3/h6-7,11,15H,4-5,8-10,12-13H2,1-3H3,(H,25,31)(H3,22,23,26,27)/t15-/m0/s1. The van der Waals surface area contributed by atoms with Crippen LogP contribution in [-0.2, 0) is 6.54 Å². The molecule has 0 radical (unpaired) electrons. The third-order valence-corrected chi connectivity index (χ3v) is 5.83.